The fraction of sp³-hybridized carbons (Fsp3) is 0.316. The largest absolute Gasteiger partial charge is 0.356 e. The van der Waals surface area contributed by atoms with Gasteiger partial charge in [0.2, 0.25) is 5.91 Å². The number of carbonyl (C=O) groups excluding carboxylic acids is 1. The van der Waals surface area contributed by atoms with Crippen molar-refractivity contribution in [1.82, 2.24) is 14.6 Å². The maximum Gasteiger partial charge on any atom is 0.227 e. The molecule has 0 unspecified atom stereocenters. The van der Waals surface area contributed by atoms with Crippen LogP contribution in [0.5, 0.6) is 0 Å². The van der Waals surface area contributed by atoms with Crippen molar-refractivity contribution < 1.29 is 4.79 Å². The lowest BCUT2D eigenvalue weighted by Crippen LogP contribution is -2.39. The molecule has 1 amide bonds. The summed E-state index contributed by atoms with van der Waals surface area (Å²) in [6, 6.07) is 11.8. The second kappa shape index (κ2) is 6.55. The molecule has 6 nitrogen and oxygen atoms in total. The molecule has 3 heterocycles. The third-order valence-electron chi connectivity index (χ3n) is 4.78. The summed E-state index contributed by atoms with van der Waals surface area (Å²) in [5.41, 5.74) is 2.90. The summed E-state index contributed by atoms with van der Waals surface area (Å²) in [6.45, 7) is 3.72. The van der Waals surface area contributed by atoms with Gasteiger partial charge in [0.1, 0.15) is 5.82 Å². The van der Waals surface area contributed by atoms with Crippen molar-refractivity contribution >= 4 is 23.1 Å². The molecule has 4 rings (SSSR count). The van der Waals surface area contributed by atoms with E-state index in [1.165, 1.54) is 5.56 Å². The first kappa shape index (κ1) is 15.6. The summed E-state index contributed by atoms with van der Waals surface area (Å²) in [5.74, 6) is 1.20. The number of hydrogen-bond acceptors (Lipinski definition) is 4. The van der Waals surface area contributed by atoms with Gasteiger partial charge in [-0.2, -0.15) is 9.61 Å². The van der Waals surface area contributed by atoms with Crippen molar-refractivity contribution in [3.63, 3.8) is 0 Å². The topological polar surface area (TPSA) is 62.5 Å². The van der Waals surface area contributed by atoms with E-state index >= 15 is 0 Å². The number of anilines is 2. The zero-order valence-corrected chi connectivity index (χ0v) is 14.2. The Kier molecular flexibility index (Phi) is 4.09. The fourth-order valence-corrected chi connectivity index (χ4v) is 3.31. The van der Waals surface area contributed by atoms with Crippen LogP contribution in [0.1, 0.15) is 18.4 Å². The summed E-state index contributed by atoms with van der Waals surface area (Å²) >= 11 is 0. The number of aryl methyl sites for hydroxylation is 1. The van der Waals surface area contributed by atoms with Gasteiger partial charge < -0.3 is 10.2 Å². The number of nitrogens with one attached hydrogen (secondary N) is 1. The Hall–Kier alpha value is -2.89. The van der Waals surface area contributed by atoms with Gasteiger partial charge in [-0.25, -0.2) is 4.98 Å². The first-order valence-electron chi connectivity index (χ1n) is 8.62. The Balaban J connectivity index is 1.40. The Labute approximate surface area is 146 Å². The van der Waals surface area contributed by atoms with Gasteiger partial charge >= 0.3 is 0 Å². The van der Waals surface area contributed by atoms with Crippen LogP contribution >= 0.6 is 0 Å². The SMILES string of the molecule is Cc1ccc(NC(=O)C2CCN(c3ccnc4ccnn34)CC2)cc1. The molecule has 25 heavy (non-hydrogen) atoms. The highest BCUT2D eigenvalue weighted by atomic mass is 16.1. The zero-order chi connectivity index (χ0) is 17.2. The lowest BCUT2D eigenvalue weighted by atomic mass is 9.95. The summed E-state index contributed by atoms with van der Waals surface area (Å²) in [5, 5.41) is 7.38. The second-order valence-electron chi connectivity index (χ2n) is 6.52. The quantitative estimate of drug-likeness (QED) is 0.799. The van der Waals surface area contributed by atoms with E-state index in [-0.39, 0.29) is 11.8 Å². The summed E-state index contributed by atoms with van der Waals surface area (Å²) < 4.78 is 1.85. The number of fused-ring (bicyclic) bond motifs is 1. The van der Waals surface area contributed by atoms with E-state index in [0.29, 0.717) is 0 Å². The van der Waals surface area contributed by atoms with Gasteiger partial charge in [-0.15, -0.1) is 0 Å². The van der Waals surface area contributed by atoms with Crippen LogP contribution < -0.4 is 10.2 Å². The summed E-state index contributed by atoms with van der Waals surface area (Å²) in [6.07, 6.45) is 5.24. The van der Waals surface area contributed by atoms with Crippen LogP contribution in [0.2, 0.25) is 0 Å². The number of carbonyl (C=O) groups is 1. The molecule has 1 aliphatic rings. The van der Waals surface area contributed by atoms with E-state index in [2.05, 4.69) is 20.3 Å². The minimum absolute atomic E-state index is 0.0486. The van der Waals surface area contributed by atoms with E-state index in [9.17, 15) is 4.79 Å². The Morgan fingerprint density at radius 3 is 2.60 bits per heavy atom. The van der Waals surface area contributed by atoms with Crippen LogP contribution in [0.15, 0.2) is 48.8 Å². The average Bonchev–Trinajstić information content (AvgIpc) is 3.12. The van der Waals surface area contributed by atoms with Crippen molar-refractivity contribution in [2.75, 3.05) is 23.3 Å². The summed E-state index contributed by atoms with van der Waals surface area (Å²) in [4.78, 5) is 19.1. The lowest BCUT2D eigenvalue weighted by Gasteiger charge is -2.32. The molecule has 0 radical (unpaired) electrons. The molecule has 0 saturated carbocycles. The number of rotatable bonds is 3. The first-order valence-corrected chi connectivity index (χ1v) is 8.62. The van der Waals surface area contributed by atoms with Gasteiger partial charge in [0.05, 0.1) is 6.20 Å². The molecule has 0 bridgehead atoms. The van der Waals surface area contributed by atoms with E-state index in [0.717, 1.165) is 43.1 Å². The van der Waals surface area contributed by atoms with Gasteiger partial charge in [0, 0.05) is 37.0 Å². The molecule has 1 aliphatic heterocycles. The molecule has 1 N–H and O–H groups in total. The second-order valence-corrected chi connectivity index (χ2v) is 6.52. The maximum absolute atomic E-state index is 12.5. The predicted octanol–water partition coefficient (Wildman–Crippen LogP) is 2.89. The number of benzene rings is 1. The predicted molar refractivity (Wildman–Crippen MR) is 97.7 cm³/mol. The molecule has 128 valence electrons. The normalized spacial score (nSPS) is 15.5. The Morgan fingerprint density at radius 1 is 1.08 bits per heavy atom. The standard InChI is InChI=1S/C19H21N5O/c1-14-2-4-16(5-3-14)22-19(25)15-8-12-23(13-9-15)18-7-10-20-17-6-11-21-24(17)18/h2-7,10-11,15H,8-9,12-13H2,1H3,(H,22,25). The molecule has 1 saturated heterocycles. The minimum atomic E-state index is 0.0486. The molecule has 0 aliphatic carbocycles. The maximum atomic E-state index is 12.5. The Bertz CT molecular complexity index is 878. The summed E-state index contributed by atoms with van der Waals surface area (Å²) in [7, 11) is 0. The Morgan fingerprint density at radius 2 is 1.84 bits per heavy atom. The molecule has 1 aromatic carbocycles. The van der Waals surface area contributed by atoms with Crippen LogP contribution in [0.4, 0.5) is 11.5 Å². The van der Waals surface area contributed by atoms with Crippen LogP contribution in [-0.4, -0.2) is 33.6 Å². The van der Waals surface area contributed by atoms with Crippen molar-refractivity contribution in [3.8, 4) is 0 Å². The number of aromatic nitrogens is 3. The van der Waals surface area contributed by atoms with E-state index in [1.54, 1.807) is 6.20 Å². The third-order valence-corrected chi connectivity index (χ3v) is 4.78. The van der Waals surface area contributed by atoms with Gasteiger partial charge in [-0.05, 0) is 38.0 Å². The molecule has 2 aromatic heterocycles. The average molecular weight is 335 g/mol. The number of hydrogen-bond donors (Lipinski definition) is 1. The molecule has 6 heteroatoms. The number of piperidine rings is 1. The number of nitrogens with zero attached hydrogens (tertiary/aromatic N) is 4. The molecular formula is C19H21N5O. The molecule has 1 fully saturated rings. The van der Waals surface area contributed by atoms with Crippen molar-refractivity contribution in [2.24, 2.45) is 5.92 Å². The highest BCUT2D eigenvalue weighted by Gasteiger charge is 2.26. The van der Waals surface area contributed by atoms with Crippen molar-refractivity contribution in [2.45, 2.75) is 19.8 Å². The van der Waals surface area contributed by atoms with Gasteiger partial charge in [-0.3, -0.25) is 4.79 Å². The minimum Gasteiger partial charge on any atom is -0.356 e. The van der Waals surface area contributed by atoms with Crippen LogP contribution in [0.25, 0.3) is 5.65 Å². The van der Waals surface area contributed by atoms with Crippen molar-refractivity contribution in [3.05, 3.63) is 54.4 Å². The third kappa shape index (κ3) is 3.20. The highest BCUT2D eigenvalue weighted by molar-refractivity contribution is 5.92. The first-order chi connectivity index (χ1) is 12.2. The van der Waals surface area contributed by atoms with E-state index in [4.69, 9.17) is 0 Å². The van der Waals surface area contributed by atoms with E-state index < -0.39 is 0 Å². The monoisotopic (exact) mass is 335 g/mol. The molecular weight excluding hydrogens is 314 g/mol. The fourth-order valence-electron chi connectivity index (χ4n) is 3.31. The van der Waals surface area contributed by atoms with Gasteiger partial charge in [0.25, 0.3) is 0 Å². The van der Waals surface area contributed by atoms with Crippen molar-refractivity contribution in [1.29, 1.82) is 0 Å². The van der Waals surface area contributed by atoms with E-state index in [1.807, 2.05) is 54.0 Å². The lowest BCUT2D eigenvalue weighted by molar-refractivity contribution is -0.120. The van der Waals surface area contributed by atoms with Crippen LogP contribution in [0, 0.1) is 12.8 Å². The van der Waals surface area contributed by atoms with Crippen LogP contribution in [-0.2, 0) is 4.79 Å². The smallest absolute Gasteiger partial charge is 0.227 e. The molecule has 3 aromatic rings. The van der Waals surface area contributed by atoms with Gasteiger partial charge in [-0.1, -0.05) is 17.7 Å². The molecule has 0 spiro atoms. The molecule has 0 atom stereocenters. The van der Waals surface area contributed by atoms with Gasteiger partial charge in [0.15, 0.2) is 5.65 Å². The highest BCUT2D eigenvalue weighted by Crippen LogP contribution is 2.24. The zero-order valence-electron chi connectivity index (χ0n) is 14.2. The van der Waals surface area contributed by atoms with Crippen LogP contribution in [0.3, 0.4) is 0 Å². The number of amides is 1.